The molecule has 0 radical (unpaired) electrons. The molecule has 0 amide bonds. The number of pyridine rings is 2. The minimum Gasteiger partial charge on any atom is -0.394 e. The third-order valence-corrected chi connectivity index (χ3v) is 6.73. The van der Waals surface area contributed by atoms with Crippen molar-refractivity contribution in [2.75, 3.05) is 38.1 Å². The highest BCUT2D eigenvalue weighted by Gasteiger charge is 2.31. The van der Waals surface area contributed by atoms with Gasteiger partial charge in [-0.05, 0) is 54.3 Å². The highest BCUT2D eigenvalue weighted by atomic mass is 16.3. The van der Waals surface area contributed by atoms with Gasteiger partial charge in [0.1, 0.15) is 11.7 Å². The van der Waals surface area contributed by atoms with Crippen molar-refractivity contribution in [3.8, 4) is 0 Å². The topological polar surface area (TPSA) is 98.0 Å². The molecule has 2 fully saturated rings. The molecule has 1 atom stereocenters. The number of amidine groups is 1. The van der Waals surface area contributed by atoms with Crippen molar-refractivity contribution >= 4 is 24.1 Å². The minimum atomic E-state index is -0.229. The number of nitrogens with one attached hydrogen (secondary N) is 2. The zero-order valence-corrected chi connectivity index (χ0v) is 20.5. The Balaban J connectivity index is 1.43. The fourth-order valence-electron chi connectivity index (χ4n) is 4.66. The van der Waals surface area contributed by atoms with Crippen LogP contribution in [0.4, 0.5) is 11.5 Å². The summed E-state index contributed by atoms with van der Waals surface area (Å²) in [6.45, 7) is 7.92. The van der Waals surface area contributed by atoms with E-state index in [0.717, 1.165) is 54.4 Å². The maximum atomic E-state index is 9.94. The number of aliphatic hydroxyl groups excluding tert-OH is 1. The predicted octanol–water partition coefficient (Wildman–Crippen LogP) is 3.68. The van der Waals surface area contributed by atoms with Crippen molar-refractivity contribution in [2.45, 2.75) is 31.3 Å². The van der Waals surface area contributed by atoms with Crippen molar-refractivity contribution in [1.82, 2.24) is 20.2 Å². The molecule has 186 valence electrons. The van der Waals surface area contributed by atoms with E-state index in [9.17, 15) is 5.11 Å². The molecule has 1 saturated heterocycles. The summed E-state index contributed by atoms with van der Waals surface area (Å²) >= 11 is 0. The highest BCUT2D eigenvalue weighted by molar-refractivity contribution is 6.04. The van der Waals surface area contributed by atoms with Crippen molar-refractivity contribution in [1.29, 1.82) is 0 Å². The monoisotopic (exact) mass is 483 g/mol. The molecule has 3 heterocycles. The van der Waals surface area contributed by atoms with E-state index < -0.39 is 0 Å². The van der Waals surface area contributed by atoms with Crippen molar-refractivity contribution in [3.05, 3.63) is 83.3 Å². The number of nitrogens with zero attached hydrogens (tertiary/aromatic N) is 5. The van der Waals surface area contributed by atoms with E-state index in [1.807, 2.05) is 48.7 Å². The van der Waals surface area contributed by atoms with E-state index in [1.165, 1.54) is 18.4 Å². The molecule has 8 heteroatoms. The fourth-order valence-corrected chi connectivity index (χ4v) is 4.66. The molecule has 36 heavy (non-hydrogen) atoms. The summed E-state index contributed by atoms with van der Waals surface area (Å²) in [5.74, 6) is 2.20. The molecule has 5 rings (SSSR count). The summed E-state index contributed by atoms with van der Waals surface area (Å²) in [6, 6.07) is 13.7. The number of hydrogen-bond donors (Lipinski definition) is 3. The Kier molecular flexibility index (Phi) is 7.64. The van der Waals surface area contributed by atoms with Crippen LogP contribution in [0.2, 0.25) is 0 Å². The van der Waals surface area contributed by atoms with Crippen LogP contribution >= 0.6 is 0 Å². The average molecular weight is 484 g/mol. The maximum absolute atomic E-state index is 9.94. The predicted molar refractivity (Wildman–Crippen MR) is 144 cm³/mol. The first-order valence-corrected chi connectivity index (χ1v) is 12.6. The Bertz CT molecular complexity index is 1200. The highest BCUT2D eigenvalue weighted by Crippen LogP contribution is 2.43. The lowest BCUT2D eigenvalue weighted by atomic mass is 10.0. The van der Waals surface area contributed by atoms with Crippen molar-refractivity contribution < 1.29 is 5.11 Å². The van der Waals surface area contributed by atoms with E-state index in [2.05, 4.69) is 37.2 Å². The number of rotatable bonds is 9. The van der Waals surface area contributed by atoms with Crippen LogP contribution in [-0.2, 0) is 6.54 Å². The van der Waals surface area contributed by atoms with Crippen LogP contribution in [0.5, 0.6) is 0 Å². The molecule has 3 N–H and O–H groups in total. The van der Waals surface area contributed by atoms with Gasteiger partial charge in [0.25, 0.3) is 0 Å². The molecular formula is C28H33N7O. The summed E-state index contributed by atoms with van der Waals surface area (Å²) < 4.78 is 0. The van der Waals surface area contributed by atoms with Crippen LogP contribution in [0.25, 0.3) is 0 Å². The Hall–Kier alpha value is -3.62. The maximum Gasteiger partial charge on any atom is 0.133 e. The zero-order valence-electron chi connectivity index (χ0n) is 20.5. The molecule has 3 aromatic rings. The van der Waals surface area contributed by atoms with E-state index in [-0.39, 0.29) is 12.6 Å². The lowest BCUT2D eigenvalue weighted by molar-refractivity contribution is 0.276. The average Bonchev–Trinajstić information content (AvgIpc) is 3.79. The van der Waals surface area contributed by atoms with Crippen LogP contribution < -0.4 is 10.6 Å². The quantitative estimate of drug-likeness (QED) is 0.317. The van der Waals surface area contributed by atoms with Gasteiger partial charge in [0, 0.05) is 44.1 Å². The normalized spacial score (nSPS) is 17.0. The van der Waals surface area contributed by atoms with E-state index in [1.54, 1.807) is 12.4 Å². The van der Waals surface area contributed by atoms with Crippen LogP contribution in [0.1, 0.15) is 47.1 Å². The molecule has 0 bridgehead atoms. The van der Waals surface area contributed by atoms with Gasteiger partial charge in [-0.1, -0.05) is 30.3 Å². The van der Waals surface area contributed by atoms with Crippen LogP contribution in [0.3, 0.4) is 0 Å². The number of aliphatic imine (C=N–C) groups is 2. The Morgan fingerprint density at radius 2 is 1.97 bits per heavy atom. The largest absolute Gasteiger partial charge is 0.394 e. The van der Waals surface area contributed by atoms with Crippen LogP contribution in [0.15, 0.2) is 71.0 Å². The fraction of sp³-hybridized carbons (Fsp3) is 0.357. The van der Waals surface area contributed by atoms with Gasteiger partial charge >= 0.3 is 0 Å². The van der Waals surface area contributed by atoms with Crippen molar-refractivity contribution in [3.63, 3.8) is 0 Å². The molecule has 2 aromatic heterocycles. The first-order chi connectivity index (χ1) is 17.8. The molecule has 1 unspecified atom stereocenters. The summed E-state index contributed by atoms with van der Waals surface area (Å²) in [5.41, 5.74) is 5.15. The van der Waals surface area contributed by atoms with Gasteiger partial charge in [0.05, 0.1) is 31.1 Å². The molecule has 1 aliphatic carbocycles. The molecule has 1 saturated carbocycles. The van der Waals surface area contributed by atoms with Gasteiger partial charge in [-0.15, -0.1) is 0 Å². The lowest BCUT2D eigenvalue weighted by Crippen LogP contribution is -2.47. The third-order valence-electron chi connectivity index (χ3n) is 6.73. The molecule has 8 nitrogen and oxygen atoms in total. The van der Waals surface area contributed by atoms with E-state index in [4.69, 9.17) is 4.99 Å². The summed E-state index contributed by atoms with van der Waals surface area (Å²) in [6.07, 6.45) is 7.91. The van der Waals surface area contributed by atoms with Crippen LogP contribution in [0, 0.1) is 0 Å². The van der Waals surface area contributed by atoms with E-state index in [0.29, 0.717) is 18.3 Å². The molecule has 1 aromatic carbocycles. The molecular weight excluding hydrogens is 450 g/mol. The molecule has 2 aliphatic rings. The number of aromatic nitrogens is 2. The van der Waals surface area contributed by atoms with Gasteiger partial charge in [0.15, 0.2) is 0 Å². The molecule has 1 aliphatic heterocycles. The van der Waals surface area contributed by atoms with Gasteiger partial charge in [-0.25, -0.2) is 4.98 Å². The summed E-state index contributed by atoms with van der Waals surface area (Å²) in [5, 5.41) is 16.7. The van der Waals surface area contributed by atoms with Gasteiger partial charge in [-0.2, -0.15) is 0 Å². The Morgan fingerprint density at radius 1 is 1.17 bits per heavy atom. The van der Waals surface area contributed by atoms with Gasteiger partial charge < -0.3 is 20.6 Å². The smallest absolute Gasteiger partial charge is 0.133 e. The Morgan fingerprint density at radius 3 is 2.69 bits per heavy atom. The number of anilines is 1. The number of piperazine rings is 1. The summed E-state index contributed by atoms with van der Waals surface area (Å²) in [4.78, 5) is 20.7. The first-order valence-electron chi connectivity index (χ1n) is 12.6. The number of hydrogen-bond acceptors (Lipinski definition) is 7. The standard InChI is InChI=1S/C28H33N7O/c1-29-24-18-31-17-23(21-7-8-21)27(24)28(35-13-11-30-12-14-35)33-16-20-9-10-32-26(15-20)34-25(19-36)22-5-3-2-4-6-22/h2-6,9-10,15,17-18,21,25,30,36H,1,7-8,11-14,16,19H2,(H,32,34). The van der Waals surface area contributed by atoms with Crippen LogP contribution in [-0.4, -0.2) is 65.3 Å². The zero-order chi connectivity index (χ0) is 24.7. The summed E-state index contributed by atoms with van der Waals surface area (Å²) in [7, 11) is 0. The molecule has 0 spiro atoms. The number of benzene rings is 1. The lowest BCUT2D eigenvalue weighted by Gasteiger charge is -2.32. The minimum absolute atomic E-state index is 0.0233. The SMILES string of the molecule is C=Nc1cncc(C2CC2)c1C(=NCc1ccnc(NC(CO)c2ccccc2)c1)N1CCNCC1. The van der Waals surface area contributed by atoms with E-state index >= 15 is 0 Å². The first kappa shape index (κ1) is 24.1. The van der Waals surface area contributed by atoms with Gasteiger partial charge in [-0.3, -0.25) is 15.0 Å². The number of aliphatic hydroxyl groups is 1. The van der Waals surface area contributed by atoms with Gasteiger partial charge in [0.2, 0.25) is 0 Å². The second-order valence-electron chi connectivity index (χ2n) is 9.27. The third kappa shape index (κ3) is 5.61. The second-order valence-corrected chi connectivity index (χ2v) is 9.27. The Labute approximate surface area is 212 Å². The van der Waals surface area contributed by atoms with Crippen molar-refractivity contribution in [2.24, 2.45) is 9.98 Å². The second kappa shape index (κ2) is 11.4.